The largest absolute Gasteiger partial charge is 0.457 e. The zero-order valence-electron chi connectivity index (χ0n) is 10.9. The number of ether oxygens (including phenoxy) is 1. The summed E-state index contributed by atoms with van der Waals surface area (Å²) in [7, 11) is 0. The molecule has 0 aliphatic rings. The molecule has 6 heteroatoms. The topological polar surface area (TPSA) is 86.5 Å². The molecule has 0 fully saturated rings. The highest BCUT2D eigenvalue weighted by atomic mass is 16.6. The molecule has 2 aromatic carbocycles. The molecule has 2 aromatic rings. The van der Waals surface area contributed by atoms with Crippen LogP contribution in [0.5, 0.6) is 0 Å². The van der Waals surface area contributed by atoms with Crippen LogP contribution in [0.15, 0.2) is 48.5 Å². The third-order valence-corrected chi connectivity index (χ3v) is 2.77. The summed E-state index contributed by atoms with van der Waals surface area (Å²) < 4.78 is 5.07. The van der Waals surface area contributed by atoms with E-state index in [1.165, 1.54) is 42.5 Å². The van der Waals surface area contributed by atoms with Gasteiger partial charge in [0, 0.05) is 17.7 Å². The number of carbonyl (C=O) groups excluding carboxylic acids is 2. The summed E-state index contributed by atoms with van der Waals surface area (Å²) in [4.78, 5) is 32.4. The molecule has 0 heterocycles. The van der Waals surface area contributed by atoms with Gasteiger partial charge in [0.2, 0.25) is 0 Å². The van der Waals surface area contributed by atoms with E-state index in [0.29, 0.717) is 23.0 Å². The molecule has 0 radical (unpaired) electrons. The van der Waals surface area contributed by atoms with Gasteiger partial charge in [0.25, 0.3) is 5.69 Å². The Morgan fingerprint density at radius 2 is 1.90 bits per heavy atom. The lowest BCUT2D eigenvalue weighted by molar-refractivity contribution is -0.384. The number of esters is 1. The first-order valence-corrected chi connectivity index (χ1v) is 6.06. The van der Waals surface area contributed by atoms with Gasteiger partial charge in [-0.2, -0.15) is 0 Å². The Labute approximate surface area is 120 Å². The standard InChI is InChI=1S/C15H11NO5/c17-9-11-4-6-13(7-5-11)15(18)21-10-12-2-1-3-14(8-12)16(19)20/h1-9H,10H2. The molecule has 0 aromatic heterocycles. The molecule has 0 saturated heterocycles. The highest BCUT2D eigenvalue weighted by Gasteiger charge is 2.09. The van der Waals surface area contributed by atoms with Crippen LogP contribution in [-0.2, 0) is 11.3 Å². The Morgan fingerprint density at radius 3 is 2.52 bits per heavy atom. The Hall–Kier alpha value is -3.02. The number of hydrogen-bond donors (Lipinski definition) is 0. The highest BCUT2D eigenvalue weighted by molar-refractivity contribution is 5.90. The van der Waals surface area contributed by atoms with E-state index in [1.54, 1.807) is 6.07 Å². The highest BCUT2D eigenvalue weighted by Crippen LogP contribution is 2.14. The summed E-state index contributed by atoms with van der Waals surface area (Å²) in [5.74, 6) is -0.557. The maximum atomic E-state index is 11.8. The smallest absolute Gasteiger partial charge is 0.338 e. The van der Waals surface area contributed by atoms with Crippen LogP contribution in [0.1, 0.15) is 26.3 Å². The molecule has 0 saturated carbocycles. The van der Waals surface area contributed by atoms with Crippen LogP contribution in [0.25, 0.3) is 0 Å². The first-order chi connectivity index (χ1) is 10.1. The second-order valence-corrected chi connectivity index (χ2v) is 4.24. The average Bonchev–Trinajstić information content (AvgIpc) is 2.53. The van der Waals surface area contributed by atoms with Crippen LogP contribution in [0, 0.1) is 10.1 Å². The van der Waals surface area contributed by atoms with Crippen molar-refractivity contribution >= 4 is 17.9 Å². The molecule has 0 bridgehead atoms. The van der Waals surface area contributed by atoms with Crippen molar-refractivity contribution in [1.82, 2.24) is 0 Å². The number of nitro groups is 1. The molecule has 0 aliphatic heterocycles. The monoisotopic (exact) mass is 285 g/mol. The van der Waals surface area contributed by atoms with E-state index in [0.717, 1.165) is 0 Å². The zero-order chi connectivity index (χ0) is 15.2. The van der Waals surface area contributed by atoms with Crippen molar-refractivity contribution in [3.8, 4) is 0 Å². The molecule has 0 unspecified atom stereocenters. The van der Waals surface area contributed by atoms with Crippen molar-refractivity contribution < 1.29 is 19.2 Å². The fraction of sp³-hybridized carbons (Fsp3) is 0.0667. The number of non-ortho nitro benzene ring substituents is 1. The maximum Gasteiger partial charge on any atom is 0.338 e. The molecule has 6 nitrogen and oxygen atoms in total. The number of nitrogens with zero attached hydrogens (tertiary/aromatic N) is 1. The molecule has 0 aliphatic carbocycles. The van der Waals surface area contributed by atoms with Crippen molar-refractivity contribution in [1.29, 1.82) is 0 Å². The summed E-state index contributed by atoms with van der Waals surface area (Å²) >= 11 is 0. The summed E-state index contributed by atoms with van der Waals surface area (Å²) in [5, 5.41) is 10.6. The average molecular weight is 285 g/mol. The first-order valence-electron chi connectivity index (χ1n) is 6.06. The van der Waals surface area contributed by atoms with E-state index in [-0.39, 0.29) is 12.3 Å². The number of hydrogen-bond acceptors (Lipinski definition) is 5. The number of benzene rings is 2. The van der Waals surface area contributed by atoms with Gasteiger partial charge in [0.1, 0.15) is 12.9 Å². The van der Waals surface area contributed by atoms with Crippen LogP contribution in [0.3, 0.4) is 0 Å². The Kier molecular flexibility index (Phi) is 4.40. The van der Waals surface area contributed by atoms with Crippen LogP contribution in [0.4, 0.5) is 5.69 Å². The van der Waals surface area contributed by atoms with Crippen molar-refractivity contribution in [2.75, 3.05) is 0 Å². The van der Waals surface area contributed by atoms with Crippen molar-refractivity contribution in [2.45, 2.75) is 6.61 Å². The third-order valence-electron chi connectivity index (χ3n) is 2.77. The summed E-state index contributed by atoms with van der Waals surface area (Å²) in [5.41, 5.74) is 1.25. The summed E-state index contributed by atoms with van der Waals surface area (Å²) in [6.45, 7) is -0.0596. The van der Waals surface area contributed by atoms with Gasteiger partial charge in [-0.05, 0) is 17.7 Å². The van der Waals surface area contributed by atoms with Gasteiger partial charge in [0.05, 0.1) is 10.5 Å². The Balaban J connectivity index is 2.01. The molecule has 106 valence electrons. The number of aldehydes is 1. The predicted molar refractivity (Wildman–Crippen MR) is 74.0 cm³/mol. The van der Waals surface area contributed by atoms with Crippen LogP contribution < -0.4 is 0 Å². The normalized spacial score (nSPS) is 9.90. The minimum Gasteiger partial charge on any atom is -0.457 e. The molecular weight excluding hydrogens is 274 g/mol. The van der Waals surface area contributed by atoms with Crippen molar-refractivity contribution in [2.24, 2.45) is 0 Å². The van der Waals surface area contributed by atoms with E-state index in [9.17, 15) is 19.7 Å². The van der Waals surface area contributed by atoms with Crippen LogP contribution in [0.2, 0.25) is 0 Å². The second kappa shape index (κ2) is 6.42. The van der Waals surface area contributed by atoms with Crippen molar-refractivity contribution in [3.05, 3.63) is 75.3 Å². The summed E-state index contributed by atoms with van der Waals surface area (Å²) in [6.07, 6.45) is 0.679. The number of nitro benzene ring substituents is 1. The van der Waals surface area contributed by atoms with Crippen LogP contribution in [-0.4, -0.2) is 17.2 Å². The minimum atomic E-state index is -0.557. The van der Waals surface area contributed by atoms with E-state index in [1.807, 2.05) is 0 Å². The van der Waals surface area contributed by atoms with Gasteiger partial charge >= 0.3 is 5.97 Å². The van der Waals surface area contributed by atoms with Crippen LogP contribution >= 0.6 is 0 Å². The van der Waals surface area contributed by atoms with Gasteiger partial charge in [0.15, 0.2) is 0 Å². The van der Waals surface area contributed by atoms with Gasteiger partial charge in [-0.3, -0.25) is 14.9 Å². The van der Waals surface area contributed by atoms with Gasteiger partial charge in [-0.15, -0.1) is 0 Å². The van der Waals surface area contributed by atoms with E-state index < -0.39 is 10.9 Å². The van der Waals surface area contributed by atoms with Gasteiger partial charge < -0.3 is 4.74 Å². The quantitative estimate of drug-likeness (QED) is 0.365. The number of rotatable bonds is 5. The lowest BCUT2D eigenvalue weighted by atomic mass is 10.1. The molecule has 2 rings (SSSR count). The Morgan fingerprint density at radius 1 is 1.19 bits per heavy atom. The fourth-order valence-electron chi connectivity index (χ4n) is 1.69. The molecule has 0 N–H and O–H groups in total. The minimum absolute atomic E-state index is 0.0566. The zero-order valence-corrected chi connectivity index (χ0v) is 10.9. The number of carbonyl (C=O) groups is 2. The summed E-state index contributed by atoms with van der Waals surface area (Å²) in [6, 6.07) is 11.9. The fourth-order valence-corrected chi connectivity index (χ4v) is 1.69. The van der Waals surface area contributed by atoms with Crippen molar-refractivity contribution in [3.63, 3.8) is 0 Å². The molecule has 0 spiro atoms. The third kappa shape index (κ3) is 3.73. The predicted octanol–water partition coefficient (Wildman–Crippen LogP) is 2.76. The Bertz CT molecular complexity index is 679. The van der Waals surface area contributed by atoms with E-state index in [2.05, 4.69) is 0 Å². The van der Waals surface area contributed by atoms with Gasteiger partial charge in [-0.25, -0.2) is 4.79 Å². The SMILES string of the molecule is O=Cc1ccc(C(=O)OCc2cccc([N+](=O)[O-])c2)cc1. The lowest BCUT2D eigenvalue weighted by Crippen LogP contribution is -2.05. The molecule has 21 heavy (non-hydrogen) atoms. The first kappa shape index (κ1) is 14.4. The molecular formula is C15H11NO5. The molecule has 0 atom stereocenters. The van der Waals surface area contributed by atoms with E-state index in [4.69, 9.17) is 4.74 Å². The van der Waals surface area contributed by atoms with Gasteiger partial charge in [-0.1, -0.05) is 24.3 Å². The maximum absolute atomic E-state index is 11.8. The van der Waals surface area contributed by atoms with E-state index >= 15 is 0 Å². The second-order valence-electron chi connectivity index (χ2n) is 4.24. The molecule has 0 amide bonds. The lowest BCUT2D eigenvalue weighted by Gasteiger charge is -2.05.